The monoisotopic (exact) mass is 344 g/mol. The van der Waals surface area contributed by atoms with Crippen LogP contribution in [0.5, 0.6) is 5.75 Å². The molecule has 0 radical (unpaired) electrons. The van der Waals surface area contributed by atoms with Gasteiger partial charge in [-0.15, -0.1) is 11.3 Å². The summed E-state index contributed by atoms with van der Waals surface area (Å²) in [6.45, 7) is 6.99. The van der Waals surface area contributed by atoms with E-state index in [1.54, 1.807) is 18.4 Å². The Bertz CT molecular complexity index is 738. The van der Waals surface area contributed by atoms with Crippen molar-refractivity contribution in [2.24, 2.45) is 4.99 Å². The van der Waals surface area contributed by atoms with Crippen LogP contribution in [-0.2, 0) is 6.54 Å². The zero-order valence-electron chi connectivity index (χ0n) is 14.6. The van der Waals surface area contributed by atoms with E-state index >= 15 is 0 Å². The number of ether oxygens (including phenoxy) is 1. The molecule has 1 unspecified atom stereocenters. The Morgan fingerprint density at radius 3 is 2.92 bits per heavy atom. The highest BCUT2D eigenvalue weighted by molar-refractivity contribution is 7.09. The molecule has 0 aliphatic carbocycles. The number of aromatic nitrogens is 1. The first-order chi connectivity index (χ1) is 11.5. The summed E-state index contributed by atoms with van der Waals surface area (Å²) in [5.41, 5.74) is 3.91. The maximum Gasteiger partial charge on any atom is 0.191 e. The Morgan fingerprint density at radius 1 is 1.42 bits per heavy atom. The normalized spacial score (nSPS) is 19.3. The molecule has 1 aromatic carbocycles. The Morgan fingerprint density at radius 2 is 2.21 bits per heavy atom. The molecule has 0 saturated heterocycles. The number of benzene rings is 1. The van der Waals surface area contributed by atoms with Crippen LogP contribution in [0.25, 0.3) is 0 Å². The van der Waals surface area contributed by atoms with E-state index in [1.807, 2.05) is 30.6 Å². The highest BCUT2D eigenvalue weighted by atomic mass is 32.1. The molecule has 0 spiro atoms. The first kappa shape index (κ1) is 16.8. The van der Waals surface area contributed by atoms with Crippen LogP contribution in [0.2, 0.25) is 0 Å². The smallest absolute Gasteiger partial charge is 0.191 e. The van der Waals surface area contributed by atoms with Crippen LogP contribution in [-0.4, -0.2) is 23.6 Å². The summed E-state index contributed by atoms with van der Waals surface area (Å²) in [6, 6.07) is 8.37. The molecular weight excluding hydrogens is 320 g/mol. The number of aliphatic imine (C=N–C) groups is 1. The minimum atomic E-state index is -0.209. The summed E-state index contributed by atoms with van der Waals surface area (Å²) < 4.78 is 6.09. The minimum absolute atomic E-state index is 0.165. The van der Waals surface area contributed by atoms with Gasteiger partial charge in [-0.1, -0.05) is 18.2 Å². The molecule has 1 aromatic heterocycles. The van der Waals surface area contributed by atoms with E-state index in [1.165, 1.54) is 10.4 Å². The zero-order valence-corrected chi connectivity index (χ0v) is 15.4. The minimum Gasteiger partial charge on any atom is -0.487 e. The summed E-state index contributed by atoms with van der Waals surface area (Å²) >= 11 is 1.66. The first-order valence-corrected chi connectivity index (χ1v) is 9.00. The van der Waals surface area contributed by atoms with Gasteiger partial charge in [0.05, 0.1) is 23.8 Å². The average molecular weight is 344 g/mol. The van der Waals surface area contributed by atoms with Crippen LogP contribution in [0.15, 0.2) is 34.8 Å². The number of fused-ring (bicyclic) bond motifs is 1. The second-order valence-corrected chi connectivity index (χ2v) is 7.53. The van der Waals surface area contributed by atoms with Crippen LogP contribution in [0, 0.1) is 6.92 Å². The number of guanidine groups is 1. The van der Waals surface area contributed by atoms with Gasteiger partial charge in [-0.25, -0.2) is 4.98 Å². The first-order valence-electron chi connectivity index (χ1n) is 8.12. The van der Waals surface area contributed by atoms with Gasteiger partial charge in [-0.2, -0.15) is 0 Å². The molecular formula is C18H24N4OS. The molecule has 6 heteroatoms. The Labute approximate surface area is 147 Å². The van der Waals surface area contributed by atoms with Crippen molar-refractivity contribution in [3.05, 3.63) is 45.9 Å². The molecule has 0 saturated carbocycles. The second-order valence-electron chi connectivity index (χ2n) is 6.59. The maximum absolute atomic E-state index is 6.09. The molecule has 2 heterocycles. The van der Waals surface area contributed by atoms with Gasteiger partial charge in [0, 0.05) is 23.9 Å². The van der Waals surface area contributed by atoms with E-state index in [0.29, 0.717) is 0 Å². The van der Waals surface area contributed by atoms with Crippen molar-refractivity contribution in [3.63, 3.8) is 0 Å². The standard InChI is InChI=1S/C18H24N4OS/c1-12-16(24-11-21-12)10-20-17(19-4)22-14-9-18(2,3)23-15-8-6-5-7-13(14)15/h5-8,11,14H,9-10H2,1-4H3,(H2,19,20,22). The van der Waals surface area contributed by atoms with Crippen molar-refractivity contribution in [2.75, 3.05) is 7.05 Å². The molecule has 128 valence electrons. The molecule has 24 heavy (non-hydrogen) atoms. The highest BCUT2D eigenvalue weighted by Crippen LogP contribution is 2.39. The number of hydrogen-bond acceptors (Lipinski definition) is 4. The van der Waals surface area contributed by atoms with Crippen LogP contribution in [0.1, 0.15) is 42.4 Å². The van der Waals surface area contributed by atoms with E-state index in [0.717, 1.165) is 30.4 Å². The van der Waals surface area contributed by atoms with Gasteiger partial charge in [0.2, 0.25) is 0 Å². The van der Waals surface area contributed by atoms with Crippen molar-refractivity contribution >= 4 is 17.3 Å². The maximum atomic E-state index is 6.09. The average Bonchev–Trinajstić information content (AvgIpc) is 2.95. The van der Waals surface area contributed by atoms with Crippen molar-refractivity contribution in [1.82, 2.24) is 15.6 Å². The number of aryl methyl sites for hydroxylation is 1. The lowest BCUT2D eigenvalue weighted by atomic mass is 9.90. The molecule has 1 aliphatic rings. The lowest BCUT2D eigenvalue weighted by Gasteiger charge is -2.38. The van der Waals surface area contributed by atoms with Gasteiger partial charge in [0.1, 0.15) is 11.4 Å². The van der Waals surface area contributed by atoms with E-state index in [2.05, 4.69) is 40.5 Å². The third-order valence-electron chi connectivity index (χ3n) is 4.17. The molecule has 2 aromatic rings. The molecule has 1 aliphatic heterocycles. The highest BCUT2D eigenvalue weighted by Gasteiger charge is 2.33. The molecule has 0 fully saturated rings. The lowest BCUT2D eigenvalue weighted by molar-refractivity contribution is 0.0694. The Kier molecular flexibility index (Phi) is 4.76. The van der Waals surface area contributed by atoms with E-state index < -0.39 is 0 Å². The number of para-hydroxylation sites is 1. The van der Waals surface area contributed by atoms with Crippen LogP contribution < -0.4 is 15.4 Å². The molecule has 0 amide bonds. The molecule has 0 bridgehead atoms. The summed E-state index contributed by atoms with van der Waals surface area (Å²) in [5.74, 6) is 1.74. The van der Waals surface area contributed by atoms with Crippen LogP contribution in [0.4, 0.5) is 0 Å². The topological polar surface area (TPSA) is 58.5 Å². The van der Waals surface area contributed by atoms with E-state index in [4.69, 9.17) is 4.74 Å². The van der Waals surface area contributed by atoms with E-state index in [-0.39, 0.29) is 11.6 Å². The van der Waals surface area contributed by atoms with Gasteiger partial charge in [-0.05, 0) is 26.8 Å². The van der Waals surface area contributed by atoms with Gasteiger partial charge >= 0.3 is 0 Å². The molecule has 3 rings (SSSR count). The fourth-order valence-electron chi connectivity index (χ4n) is 2.95. The SMILES string of the molecule is CN=C(NCc1scnc1C)NC1CC(C)(C)Oc2ccccc21. The van der Waals surface area contributed by atoms with Crippen molar-refractivity contribution < 1.29 is 4.74 Å². The predicted molar refractivity (Wildman–Crippen MR) is 98.7 cm³/mol. The fraction of sp³-hybridized carbons (Fsp3) is 0.444. The number of nitrogens with one attached hydrogen (secondary N) is 2. The summed E-state index contributed by atoms with van der Waals surface area (Å²) in [5, 5.41) is 6.93. The van der Waals surface area contributed by atoms with Gasteiger partial charge in [0.25, 0.3) is 0 Å². The third kappa shape index (κ3) is 3.70. The lowest BCUT2D eigenvalue weighted by Crippen LogP contribution is -2.45. The molecule has 5 nitrogen and oxygen atoms in total. The van der Waals surface area contributed by atoms with Crippen LogP contribution >= 0.6 is 11.3 Å². The number of nitrogens with zero attached hydrogens (tertiary/aromatic N) is 2. The van der Waals surface area contributed by atoms with Gasteiger partial charge in [0.15, 0.2) is 5.96 Å². The largest absolute Gasteiger partial charge is 0.487 e. The van der Waals surface area contributed by atoms with Crippen molar-refractivity contribution in [3.8, 4) is 5.75 Å². The van der Waals surface area contributed by atoms with E-state index in [9.17, 15) is 0 Å². The number of thiazole rings is 1. The van der Waals surface area contributed by atoms with Crippen LogP contribution in [0.3, 0.4) is 0 Å². The third-order valence-corrected chi connectivity index (χ3v) is 5.11. The molecule has 1 atom stereocenters. The summed E-state index contributed by atoms with van der Waals surface area (Å²) in [7, 11) is 1.80. The second kappa shape index (κ2) is 6.81. The molecule has 2 N–H and O–H groups in total. The number of hydrogen-bond donors (Lipinski definition) is 2. The Hall–Kier alpha value is -2.08. The quantitative estimate of drug-likeness (QED) is 0.662. The summed E-state index contributed by atoms with van der Waals surface area (Å²) in [4.78, 5) is 9.88. The van der Waals surface area contributed by atoms with Crippen molar-refractivity contribution in [1.29, 1.82) is 0 Å². The Balaban J connectivity index is 1.72. The zero-order chi connectivity index (χ0) is 17.2. The predicted octanol–water partition coefficient (Wildman–Crippen LogP) is 3.42. The summed E-state index contributed by atoms with van der Waals surface area (Å²) in [6.07, 6.45) is 0.879. The van der Waals surface area contributed by atoms with Crippen molar-refractivity contribution in [2.45, 2.75) is 45.4 Å². The van der Waals surface area contributed by atoms with Gasteiger partial charge < -0.3 is 15.4 Å². The van der Waals surface area contributed by atoms with Gasteiger partial charge in [-0.3, -0.25) is 4.99 Å². The fourth-order valence-corrected chi connectivity index (χ4v) is 3.67. The number of rotatable bonds is 3.